The molecule has 5 rings (SSSR count). The standard InChI is InChI=1S/C29H32N4O2/c1-31(2)20-30-28(34)27-17-16-25-19-33(26-11-7-6-10-24(26)18-32(25)27)29(35)23-14-12-22(13-15-23)21-8-4-3-5-9-21/h6-7,10-17,20-21H,3-5,8-9,18-19H2,1-2H3. The third-order valence-electron chi connectivity index (χ3n) is 7.11. The van der Waals surface area contributed by atoms with Gasteiger partial charge in [0.1, 0.15) is 5.69 Å². The van der Waals surface area contributed by atoms with Crippen LogP contribution in [0.2, 0.25) is 0 Å². The van der Waals surface area contributed by atoms with Crippen LogP contribution < -0.4 is 4.90 Å². The van der Waals surface area contributed by atoms with Gasteiger partial charge in [0.05, 0.1) is 19.4 Å². The van der Waals surface area contributed by atoms with E-state index in [4.69, 9.17) is 0 Å². The number of hydrogen-bond acceptors (Lipinski definition) is 2. The quantitative estimate of drug-likeness (QED) is 0.377. The van der Waals surface area contributed by atoms with Crippen LogP contribution >= 0.6 is 0 Å². The summed E-state index contributed by atoms with van der Waals surface area (Å²) in [4.78, 5) is 34.2. The first kappa shape index (κ1) is 23.1. The highest BCUT2D eigenvalue weighted by atomic mass is 16.2. The van der Waals surface area contributed by atoms with E-state index in [-0.39, 0.29) is 11.8 Å². The molecule has 180 valence electrons. The van der Waals surface area contributed by atoms with Crippen molar-refractivity contribution in [2.24, 2.45) is 4.99 Å². The zero-order valence-corrected chi connectivity index (χ0v) is 20.5. The van der Waals surface area contributed by atoms with Gasteiger partial charge in [-0.1, -0.05) is 49.6 Å². The Morgan fingerprint density at radius 2 is 1.66 bits per heavy atom. The van der Waals surface area contributed by atoms with E-state index in [0.717, 1.165) is 16.9 Å². The molecule has 6 heteroatoms. The average Bonchev–Trinajstić information content (AvgIpc) is 3.20. The molecule has 1 aliphatic heterocycles. The number of para-hydroxylation sites is 1. The third kappa shape index (κ3) is 4.78. The maximum absolute atomic E-state index is 13.8. The Morgan fingerprint density at radius 1 is 0.914 bits per heavy atom. The molecule has 6 nitrogen and oxygen atoms in total. The van der Waals surface area contributed by atoms with Crippen molar-refractivity contribution in [2.45, 2.75) is 51.1 Å². The molecule has 1 fully saturated rings. The Bertz CT molecular complexity index is 1250. The summed E-state index contributed by atoms with van der Waals surface area (Å²) < 4.78 is 1.98. The Morgan fingerprint density at radius 3 is 2.40 bits per heavy atom. The summed E-state index contributed by atoms with van der Waals surface area (Å²) in [6, 6.07) is 19.9. The van der Waals surface area contributed by atoms with Gasteiger partial charge in [-0.15, -0.1) is 0 Å². The fourth-order valence-electron chi connectivity index (χ4n) is 5.25. The smallest absolute Gasteiger partial charge is 0.294 e. The second kappa shape index (κ2) is 9.90. The average molecular weight is 469 g/mol. The molecule has 0 unspecified atom stereocenters. The predicted octanol–water partition coefficient (Wildman–Crippen LogP) is 5.47. The number of rotatable bonds is 4. The topological polar surface area (TPSA) is 57.9 Å². The summed E-state index contributed by atoms with van der Waals surface area (Å²) in [6.07, 6.45) is 7.91. The number of carbonyl (C=O) groups is 2. The fraction of sp³-hybridized carbons (Fsp3) is 0.345. The lowest BCUT2D eigenvalue weighted by molar-refractivity contribution is 0.0982. The second-order valence-corrected chi connectivity index (χ2v) is 9.79. The van der Waals surface area contributed by atoms with Gasteiger partial charge in [0.2, 0.25) is 0 Å². The Balaban J connectivity index is 1.45. The van der Waals surface area contributed by atoms with Gasteiger partial charge in [0, 0.05) is 31.0 Å². The first-order valence-corrected chi connectivity index (χ1v) is 12.4. The first-order chi connectivity index (χ1) is 17.0. The molecule has 0 spiro atoms. The molecule has 1 saturated carbocycles. The van der Waals surface area contributed by atoms with Crippen molar-refractivity contribution in [1.29, 1.82) is 0 Å². The molecule has 1 aliphatic carbocycles. The van der Waals surface area contributed by atoms with Gasteiger partial charge in [-0.2, -0.15) is 4.99 Å². The lowest BCUT2D eigenvalue weighted by Crippen LogP contribution is -2.30. The van der Waals surface area contributed by atoms with Crippen LogP contribution in [0.5, 0.6) is 0 Å². The number of hydrogen-bond donors (Lipinski definition) is 0. The summed E-state index contributed by atoms with van der Waals surface area (Å²) in [5.41, 5.74) is 5.35. The Hall–Kier alpha value is -3.67. The summed E-state index contributed by atoms with van der Waals surface area (Å²) in [5, 5.41) is 0. The number of carbonyl (C=O) groups excluding carboxylic acids is 2. The van der Waals surface area contributed by atoms with Gasteiger partial charge in [-0.3, -0.25) is 9.59 Å². The zero-order valence-electron chi connectivity index (χ0n) is 20.5. The zero-order chi connectivity index (χ0) is 24.4. The molecular formula is C29H32N4O2. The lowest BCUT2D eigenvalue weighted by Gasteiger charge is -2.24. The first-order valence-electron chi connectivity index (χ1n) is 12.4. The molecule has 2 aliphatic rings. The van der Waals surface area contributed by atoms with Crippen molar-refractivity contribution in [2.75, 3.05) is 19.0 Å². The van der Waals surface area contributed by atoms with Crippen LogP contribution in [-0.4, -0.2) is 41.7 Å². The normalized spacial score (nSPS) is 16.0. The minimum atomic E-state index is -0.291. The highest BCUT2D eigenvalue weighted by Crippen LogP contribution is 2.34. The third-order valence-corrected chi connectivity index (χ3v) is 7.11. The number of benzene rings is 2. The molecule has 2 heterocycles. The van der Waals surface area contributed by atoms with Crippen LogP contribution in [0.3, 0.4) is 0 Å². The molecule has 0 atom stereocenters. The van der Waals surface area contributed by atoms with Gasteiger partial charge in [-0.25, -0.2) is 0 Å². The number of aliphatic imine (C=N–C) groups is 1. The van der Waals surface area contributed by atoms with E-state index in [2.05, 4.69) is 17.1 Å². The van der Waals surface area contributed by atoms with Crippen molar-refractivity contribution < 1.29 is 9.59 Å². The molecular weight excluding hydrogens is 436 g/mol. The highest BCUT2D eigenvalue weighted by Gasteiger charge is 2.27. The van der Waals surface area contributed by atoms with Crippen LogP contribution in [0.4, 0.5) is 5.69 Å². The molecule has 2 aromatic carbocycles. The van der Waals surface area contributed by atoms with Crippen LogP contribution in [0, 0.1) is 0 Å². The summed E-state index contributed by atoms with van der Waals surface area (Å²) in [6.45, 7) is 0.909. The molecule has 3 aromatic rings. The SMILES string of the molecule is CN(C)C=NC(=O)c1ccc2n1Cc1ccccc1N(C(=O)c1ccc(C3CCCCC3)cc1)C2. The van der Waals surface area contributed by atoms with Crippen LogP contribution in [0.25, 0.3) is 0 Å². The molecule has 0 bridgehead atoms. The van der Waals surface area contributed by atoms with Crippen molar-refractivity contribution in [3.8, 4) is 0 Å². The maximum atomic E-state index is 13.8. The maximum Gasteiger partial charge on any atom is 0.294 e. The van der Waals surface area contributed by atoms with Gasteiger partial charge >= 0.3 is 0 Å². The van der Waals surface area contributed by atoms with E-state index in [0.29, 0.717) is 30.3 Å². The highest BCUT2D eigenvalue weighted by molar-refractivity contribution is 6.06. The number of nitrogens with zero attached hydrogens (tertiary/aromatic N) is 4. The van der Waals surface area contributed by atoms with Crippen molar-refractivity contribution in [3.05, 3.63) is 88.7 Å². The van der Waals surface area contributed by atoms with E-state index < -0.39 is 0 Å². The molecule has 35 heavy (non-hydrogen) atoms. The van der Waals surface area contributed by atoms with Crippen LogP contribution in [0.15, 0.2) is 65.7 Å². The minimum Gasteiger partial charge on any atom is -0.369 e. The Labute approximate surface area is 206 Å². The number of anilines is 1. The summed E-state index contributed by atoms with van der Waals surface area (Å²) in [7, 11) is 3.66. The fourth-order valence-corrected chi connectivity index (χ4v) is 5.25. The van der Waals surface area contributed by atoms with E-state index in [9.17, 15) is 9.59 Å². The molecule has 0 radical (unpaired) electrons. The lowest BCUT2D eigenvalue weighted by atomic mass is 9.84. The van der Waals surface area contributed by atoms with Gasteiger partial charge in [-0.05, 0) is 60.2 Å². The number of fused-ring (bicyclic) bond motifs is 2. The predicted molar refractivity (Wildman–Crippen MR) is 139 cm³/mol. The van der Waals surface area contributed by atoms with Crippen molar-refractivity contribution >= 4 is 23.8 Å². The van der Waals surface area contributed by atoms with Gasteiger partial charge in [0.25, 0.3) is 11.8 Å². The largest absolute Gasteiger partial charge is 0.369 e. The summed E-state index contributed by atoms with van der Waals surface area (Å²) >= 11 is 0. The van der Waals surface area contributed by atoms with Crippen molar-refractivity contribution in [3.63, 3.8) is 0 Å². The molecule has 0 saturated heterocycles. The van der Waals surface area contributed by atoms with Crippen LogP contribution in [0.1, 0.15) is 75.7 Å². The van der Waals surface area contributed by atoms with Gasteiger partial charge in [0.15, 0.2) is 0 Å². The second-order valence-electron chi connectivity index (χ2n) is 9.79. The van der Waals surface area contributed by atoms with Crippen LogP contribution in [-0.2, 0) is 13.1 Å². The van der Waals surface area contributed by atoms with Crippen molar-refractivity contribution in [1.82, 2.24) is 9.47 Å². The summed E-state index contributed by atoms with van der Waals surface area (Å²) in [5.74, 6) is 0.294. The van der Waals surface area contributed by atoms with E-state index in [1.54, 1.807) is 11.0 Å². The number of amides is 2. The minimum absolute atomic E-state index is 0.0270. The van der Waals surface area contributed by atoms with E-state index >= 15 is 0 Å². The molecule has 1 aromatic heterocycles. The Kier molecular flexibility index (Phi) is 6.53. The van der Waals surface area contributed by atoms with E-state index in [1.807, 2.05) is 66.0 Å². The monoisotopic (exact) mass is 468 g/mol. The van der Waals surface area contributed by atoms with E-state index in [1.165, 1.54) is 44.0 Å². The van der Waals surface area contributed by atoms with Gasteiger partial charge < -0.3 is 14.4 Å². The molecule has 2 amide bonds. The molecule has 0 N–H and O–H groups in total. The number of aromatic nitrogens is 1.